The molecule has 0 saturated carbocycles. The molecule has 0 atom stereocenters. The van der Waals surface area contributed by atoms with Crippen molar-refractivity contribution < 1.29 is 4.39 Å². The van der Waals surface area contributed by atoms with Crippen LogP contribution in [0.1, 0.15) is 19.3 Å². The maximum Gasteiger partial charge on any atom is 0.148 e. The largest absolute Gasteiger partial charge is 0.367 e. The number of nitrogens with two attached hydrogens (primary N) is 1. The molecular weight excluding hydrogens is 193 g/mol. The third-order valence-corrected chi connectivity index (χ3v) is 2.81. The lowest BCUT2D eigenvalue weighted by molar-refractivity contribution is 0.557. The number of nitrogens with zero attached hydrogens (tertiary/aromatic N) is 1. The summed E-state index contributed by atoms with van der Waals surface area (Å²) < 4.78 is 13.7. The van der Waals surface area contributed by atoms with Crippen LogP contribution < -0.4 is 16.2 Å². The number of hydrazine groups is 1. The van der Waals surface area contributed by atoms with Crippen molar-refractivity contribution in [1.82, 2.24) is 0 Å². The molecule has 0 aromatic heterocycles. The Morgan fingerprint density at radius 2 is 1.93 bits per heavy atom. The van der Waals surface area contributed by atoms with Gasteiger partial charge in [-0.1, -0.05) is 6.07 Å². The molecule has 3 N–H and O–H groups in total. The lowest BCUT2D eigenvalue weighted by Gasteiger charge is -2.30. The summed E-state index contributed by atoms with van der Waals surface area (Å²) in [4.78, 5) is 2.06. The number of hydrogen-bond acceptors (Lipinski definition) is 3. The van der Waals surface area contributed by atoms with E-state index < -0.39 is 0 Å². The highest BCUT2D eigenvalue weighted by molar-refractivity contribution is 5.70. The number of nitrogens with one attached hydrogen (secondary N) is 1. The van der Waals surface area contributed by atoms with Gasteiger partial charge in [-0.25, -0.2) is 4.39 Å². The molecule has 82 valence electrons. The van der Waals surface area contributed by atoms with Gasteiger partial charge in [0.2, 0.25) is 0 Å². The molecule has 1 aliphatic rings. The third kappa shape index (κ3) is 2.04. The van der Waals surface area contributed by atoms with Crippen LogP contribution in [0.3, 0.4) is 0 Å². The second-order valence-corrected chi connectivity index (χ2v) is 3.83. The van der Waals surface area contributed by atoms with Gasteiger partial charge >= 0.3 is 0 Å². The number of piperidine rings is 1. The number of nitrogen functional groups attached to an aromatic ring is 1. The quantitative estimate of drug-likeness (QED) is 0.579. The van der Waals surface area contributed by atoms with Crippen molar-refractivity contribution in [3.8, 4) is 0 Å². The van der Waals surface area contributed by atoms with Crippen molar-refractivity contribution in [2.45, 2.75) is 19.3 Å². The minimum absolute atomic E-state index is 0.202. The first-order valence-electron chi connectivity index (χ1n) is 5.33. The van der Waals surface area contributed by atoms with Gasteiger partial charge in [-0.05, 0) is 31.4 Å². The zero-order valence-corrected chi connectivity index (χ0v) is 8.67. The first-order valence-corrected chi connectivity index (χ1v) is 5.33. The molecule has 1 aromatic carbocycles. The van der Waals surface area contributed by atoms with E-state index in [1.165, 1.54) is 12.5 Å². The zero-order chi connectivity index (χ0) is 10.7. The van der Waals surface area contributed by atoms with Crippen molar-refractivity contribution in [3.63, 3.8) is 0 Å². The van der Waals surface area contributed by atoms with E-state index in [9.17, 15) is 4.39 Å². The van der Waals surface area contributed by atoms with Gasteiger partial charge in [-0.2, -0.15) is 0 Å². The van der Waals surface area contributed by atoms with Crippen LogP contribution in [0.4, 0.5) is 15.8 Å². The van der Waals surface area contributed by atoms with Crippen LogP contribution in [0.15, 0.2) is 18.2 Å². The number of hydrogen-bond donors (Lipinski definition) is 2. The Morgan fingerprint density at radius 1 is 1.20 bits per heavy atom. The van der Waals surface area contributed by atoms with Crippen molar-refractivity contribution >= 4 is 11.4 Å². The molecule has 0 radical (unpaired) electrons. The van der Waals surface area contributed by atoms with Crippen LogP contribution >= 0.6 is 0 Å². The molecule has 0 unspecified atom stereocenters. The van der Waals surface area contributed by atoms with Gasteiger partial charge < -0.3 is 10.3 Å². The van der Waals surface area contributed by atoms with E-state index in [1.54, 1.807) is 12.1 Å². The minimum Gasteiger partial charge on any atom is -0.367 e. The van der Waals surface area contributed by atoms with Crippen molar-refractivity contribution in [1.29, 1.82) is 0 Å². The first kappa shape index (κ1) is 10.2. The average molecular weight is 209 g/mol. The molecule has 1 aromatic rings. The van der Waals surface area contributed by atoms with Crippen LogP contribution in [-0.4, -0.2) is 13.1 Å². The molecule has 1 fully saturated rings. The molecule has 0 bridgehead atoms. The van der Waals surface area contributed by atoms with Gasteiger partial charge in [0.05, 0.1) is 11.4 Å². The van der Waals surface area contributed by atoms with Crippen LogP contribution in [0, 0.1) is 5.82 Å². The maximum absolute atomic E-state index is 13.7. The molecule has 1 heterocycles. The number of benzene rings is 1. The first-order chi connectivity index (χ1) is 7.33. The SMILES string of the molecule is NNc1cccc(F)c1N1CCCCC1. The molecule has 0 amide bonds. The molecule has 1 aliphatic heterocycles. The fourth-order valence-electron chi connectivity index (χ4n) is 2.07. The van der Waals surface area contributed by atoms with Gasteiger partial charge in [-0.3, -0.25) is 5.84 Å². The van der Waals surface area contributed by atoms with Crippen molar-refractivity contribution in [2.75, 3.05) is 23.4 Å². The Bertz CT molecular complexity index is 335. The summed E-state index contributed by atoms with van der Waals surface area (Å²) in [5.41, 5.74) is 3.83. The molecule has 1 saturated heterocycles. The number of anilines is 2. The van der Waals surface area contributed by atoms with Gasteiger partial charge in [-0.15, -0.1) is 0 Å². The molecule has 3 nitrogen and oxygen atoms in total. The predicted octanol–water partition coefficient (Wildman–Crippen LogP) is 2.10. The number of para-hydroxylation sites is 1. The maximum atomic E-state index is 13.7. The summed E-state index contributed by atoms with van der Waals surface area (Å²) in [5.74, 6) is 5.18. The lowest BCUT2D eigenvalue weighted by Crippen LogP contribution is -2.31. The topological polar surface area (TPSA) is 41.3 Å². The Labute approximate surface area is 89.0 Å². The predicted molar refractivity (Wildman–Crippen MR) is 60.3 cm³/mol. The smallest absolute Gasteiger partial charge is 0.148 e. The van der Waals surface area contributed by atoms with Gasteiger partial charge in [0.25, 0.3) is 0 Å². The Kier molecular flexibility index (Phi) is 3.06. The summed E-state index contributed by atoms with van der Waals surface area (Å²) in [5, 5.41) is 0. The number of halogens is 1. The monoisotopic (exact) mass is 209 g/mol. The molecule has 4 heteroatoms. The molecule has 2 rings (SSSR count). The minimum atomic E-state index is -0.202. The summed E-state index contributed by atoms with van der Waals surface area (Å²) in [6.45, 7) is 1.82. The van der Waals surface area contributed by atoms with E-state index in [1.807, 2.05) is 0 Å². The van der Waals surface area contributed by atoms with E-state index in [4.69, 9.17) is 5.84 Å². The normalized spacial score (nSPS) is 16.5. The fraction of sp³-hybridized carbons (Fsp3) is 0.455. The van der Waals surface area contributed by atoms with E-state index in [0.717, 1.165) is 25.9 Å². The van der Waals surface area contributed by atoms with Crippen molar-refractivity contribution in [2.24, 2.45) is 5.84 Å². The summed E-state index contributed by atoms with van der Waals surface area (Å²) >= 11 is 0. The summed E-state index contributed by atoms with van der Waals surface area (Å²) in [6, 6.07) is 4.94. The fourth-order valence-corrected chi connectivity index (χ4v) is 2.07. The van der Waals surface area contributed by atoms with Crippen LogP contribution in [-0.2, 0) is 0 Å². The van der Waals surface area contributed by atoms with E-state index in [0.29, 0.717) is 11.4 Å². The standard InChI is InChI=1S/C11H16FN3/c12-9-5-4-6-10(14-13)11(9)15-7-2-1-3-8-15/h4-6,14H,1-3,7-8,13H2. The second-order valence-electron chi connectivity index (χ2n) is 3.83. The van der Waals surface area contributed by atoms with E-state index >= 15 is 0 Å². The zero-order valence-electron chi connectivity index (χ0n) is 8.67. The highest BCUT2D eigenvalue weighted by Crippen LogP contribution is 2.30. The van der Waals surface area contributed by atoms with Crippen LogP contribution in [0.25, 0.3) is 0 Å². The van der Waals surface area contributed by atoms with Crippen LogP contribution in [0.2, 0.25) is 0 Å². The highest BCUT2D eigenvalue weighted by atomic mass is 19.1. The molecule has 0 aliphatic carbocycles. The van der Waals surface area contributed by atoms with Gasteiger partial charge in [0, 0.05) is 13.1 Å². The van der Waals surface area contributed by atoms with Gasteiger partial charge in [0.1, 0.15) is 5.82 Å². The molecule has 0 spiro atoms. The number of rotatable bonds is 2. The van der Waals surface area contributed by atoms with Gasteiger partial charge in [0.15, 0.2) is 0 Å². The van der Waals surface area contributed by atoms with E-state index in [2.05, 4.69) is 10.3 Å². The lowest BCUT2D eigenvalue weighted by atomic mass is 10.1. The molecular formula is C11H16FN3. The third-order valence-electron chi connectivity index (χ3n) is 2.81. The molecule has 15 heavy (non-hydrogen) atoms. The highest BCUT2D eigenvalue weighted by Gasteiger charge is 2.17. The Morgan fingerprint density at radius 3 is 2.60 bits per heavy atom. The Hall–Kier alpha value is -1.29. The average Bonchev–Trinajstić information content (AvgIpc) is 2.29. The Balaban J connectivity index is 2.31. The van der Waals surface area contributed by atoms with Crippen molar-refractivity contribution in [3.05, 3.63) is 24.0 Å². The van der Waals surface area contributed by atoms with Crippen LogP contribution in [0.5, 0.6) is 0 Å². The van der Waals surface area contributed by atoms with E-state index in [-0.39, 0.29) is 5.82 Å². The summed E-state index contributed by atoms with van der Waals surface area (Å²) in [6.07, 6.45) is 3.48. The second kappa shape index (κ2) is 4.49. The summed E-state index contributed by atoms with van der Waals surface area (Å²) in [7, 11) is 0.